The summed E-state index contributed by atoms with van der Waals surface area (Å²) < 4.78 is 7.72. The van der Waals surface area contributed by atoms with Gasteiger partial charge in [-0.15, -0.1) is 22.7 Å². The molecule has 57 heavy (non-hydrogen) atoms. The van der Waals surface area contributed by atoms with E-state index in [1.54, 1.807) is 0 Å². The van der Waals surface area contributed by atoms with Crippen LogP contribution in [0.3, 0.4) is 0 Å². The summed E-state index contributed by atoms with van der Waals surface area (Å²) in [6.07, 6.45) is 10.1. The molecule has 12 rings (SSSR count). The van der Waals surface area contributed by atoms with E-state index in [1.807, 2.05) is 22.7 Å². The minimum atomic E-state index is -0.0281. The van der Waals surface area contributed by atoms with Gasteiger partial charge in [-0.3, -0.25) is 16.0 Å². The van der Waals surface area contributed by atoms with E-state index in [0.29, 0.717) is 5.92 Å². The average molecular weight is 771 g/mol. The molecule has 7 aromatic carbocycles. The Morgan fingerprint density at radius 1 is 0.526 bits per heavy atom. The van der Waals surface area contributed by atoms with Gasteiger partial charge in [0, 0.05) is 57.9 Å². The Bertz CT molecular complexity index is 3190. The summed E-state index contributed by atoms with van der Waals surface area (Å²) >= 11 is 3.81. The third kappa shape index (κ3) is 5.37. The number of benzene rings is 7. The van der Waals surface area contributed by atoms with Gasteiger partial charge >= 0.3 is 0 Å². The van der Waals surface area contributed by atoms with Gasteiger partial charge in [0.25, 0.3) is 0 Å². The number of nitrogens with one attached hydrogen (secondary N) is 3. The van der Waals surface area contributed by atoms with E-state index < -0.39 is 0 Å². The molecule has 4 unspecified atom stereocenters. The fraction of sp³-hybridized carbons (Fsp3) is 0.0980. The van der Waals surface area contributed by atoms with Crippen molar-refractivity contribution in [2.45, 2.75) is 24.9 Å². The molecule has 1 saturated heterocycles. The molecule has 10 aromatic rings. The first-order valence-electron chi connectivity index (χ1n) is 19.8. The Kier molecular flexibility index (Phi) is 7.81. The van der Waals surface area contributed by atoms with E-state index in [0.717, 1.165) is 6.42 Å². The van der Waals surface area contributed by atoms with E-state index in [-0.39, 0.29) is 18.5 Å². The molecule has 2 aliphatic rings. The van der Waals surface area contributed by atoms with Crippen LogP contribution in [-0.4, -0.2) is 10.7 Å². The maximum Gasteiger partial charge on any atom is 0.0876 e. The van der Waals surface area contributed by atoms with E-state index in [1.165, 1.54) is 90.1 Å². The molecule has 3 N–H and O–H groups in total. The average Bonchev–Trinajstić information content (AvgIpc) is 3.96. The van der Waals surface area contributed by atoms with Gasteiger partial charge in [0.15, 0.2) is 0 Å². The monoisotopic (exact) mass is 770 g/mol. The quantitative estimate of drug-likeness (QED) is 0.163. The van der Waals surface area contributed by atoms with Gasteiger partial charge in [0.1, 0.15) is 0 Å². The molecule has 0 radical (unpaired) electrons. The predicted octanol–water partition coefficient (Wildman–Crippen LogP) is 13.1. The first-order valence-corrected chi connectivity index (χ1v) is 21.4. The van der Waals surface area contributed by atoms with Crippen molar-refractivity contribution in [1.82, 2.24) is 20.5 Å². The van der Waals surface area contributed by atoms with Gasteiger partial charge in [-0.05, 0) is 53.4 Å². The summed E-state index contributed by atoms with van der Waals surface area (Å²) in [7, 11) is 0. The Balaban J connectivity index is 0.975. The smallest absolute Gasteiger partial charge is 0.0876 e. The number of aromatic nitrogens is 1. The highest BCUT2D eigenvalue weighted by Gasteiger charge is 2.33. The molecule has 4 atom stereocenters. The third-order valence-corrected chi connectivity index (χ3v) is 14.5. The van der Waals surface area contributed by atoms with Crippen LogP contribution in [0.25, 0.3) is 79.0 Å². The summed E-state index contributed by atoms with van der Waals surface area (Å²) in [4.78, 5) is 0. The van der Waals surface area contributed by atoms with Crippen molar-refractivity contribution in [3.8, 4) is 16.8 Å². The third-order valence-electron chi connectivity index (χ3n) is 12.1. The van der Waals surface area contributed by atoms with Crippen molar-refractivity contribution in [2.75, 3.05) is 0 Å². The summed E-state index contributed by atoms with van der Waals surface area (Å²) in [5.41, 5.74) is 8.78. The molecule has 0 bridgehead atoms. The highest BCUT2D eigenvalue weighted by atomic mass is 32.1. The molecule has 1 fully saturated rings. The summed E-state index contributed by atoms with van der Waals surface area (Å²) in [5, 5.41) is 19.6. The number of nitrogens with zero attached hydrogens (tertiary/aromatic N) is 1. The lowest BCUT2D eigenvalue weighted by molar-refractivity contribution is 0.171. The van der Waals surface area contributed by atoms with Gasteiger partial charge in [-0.2, -0.15) is 0 Å². The number of thiophene rings is 2. The molecule has 4 heterocycles. The summed E-state index contributed by atoms with van der Waals surface area (Å²) in [6, 6.07) is 55.9. The van der Waals surface area contributed by atoms with Crippen LogP contribution in [0.1, 0.15) is 29.9 Å². The van der Waals surface area contributed by atoms with Crippen LogP contribution in [0.2, 0.25) is 0 Å². The first kappa shape index (κ1) is 33.3. The second-order valence-electron chi connectivity index (χ2n) is 15.3. The Morgan fingerprint density at radius 3 is 2.07 bits per heavy atom. The number of hydrogen-bond donors (Lipinski definition) is 3. The van der Waals surface area contributed by atoms with E-state index in [4.69, 9.17) is 0 Å². The van der Waals surface area contributed by atoms with Crippen molar-refractivity contribution in [3.63, 3.8) is 0 Å². The molecule has 0 amide bonds. The van der Waals surface area contributed by atoms with Crippen LogP contribution in [0, 0.1) is 5.92 Å². The van der Waals surface area contributed by atoms with E-state index in [9.17, 15) is 0 Å². The van der Waals surface area contributed by atoms with Crippen molar-refractivity contribution < 1.29 is 0 Å². The van der Waals surface area contributed by atoms with Crippen LogP contribution < -0.4 is 16.0 Å². The molecule has 6 heteroatoms. The zero-order chi connectivity index (χ0) is 37.5. The minimum Gasteiger partial charge on any atom is -0.308 e. The molecule has 4 nitrogen and oxygen atoms in total. The number of hydrogen-bond acceptors (Lipinski definition) is 5. The lowest BCUT2D eigenvalue weighted by atomic mass is 9.94. The lowest BCUT2D eigenvalue weighted by Crippen LogP contribution is -2.61. The zero-order valence-electron chi connectivity index (χ0n) is 31.0. The Morgan fingerprint density at radius 2 is 1.25 bits per heavy atom. The first-order chi connectivity index (χ1) is 28.3. The summed E-state index contributed by atoms with van der Waals surface area (Å²) in [5.74, 6) is 0.362. The fourth-order valence-electron chi connectivity index (χ4n) is 9.43. The van der Waals surface area contributed by atoms with Crippen LogP contribution in [0.4, 0.5) is 0 Å². The SMILES string of the molecule is C1=CCC(C2NC(c3ccccc3)NC(c3cccc4c3sc3cccc(-c5ccc6c(c5)sc5c(-n7c8ccccc8c8ccccc87)cccc56)c34)N2)C=C1. The maximum atomic E-state index is 3.99. The maximum absolute atomic E-state index is 3.99. The molecule has 0 saturated carbocycles. The van der Waals surface area contributed by atoms with Gasteiger partial charge < -0.3 is 4.57 Å². The number of para-hydroxylation sites is 2. The van der Waals surface area contributed by atoms with Gasteiger partial charge in [-0.25, -0.2) is 0 Å². The highest BCUT2D eigenvalue weighted by molar-refractivity contribution is 7.26. The molecule has 3 aromatic heterocycles. The van der Waals surface area contributed by atoms with E-state index >= 15 is 0 Å². The fourth-order valence-corrected chi connectivity index (χ4v) is 11.9. The second-order valence-corrected chi connectivity index (χ2v) is 17.4. The largest absolute Gasteiger partial charge is 0.308 e. The van der Waals surface area contributed by atoms with Crippen molar-refractivity contribution in [3.05, 3.63) is 187 Å². The second kappa shape index (κ2) is 13.4. The van der Waals surface area contributed by atoms with Crippen molar-refractivity contribution in [2.24, 2.45) is 5.92 Å². The number of rotatable bonds is 5. The van der Waals surface area contributed by atoms with Crippen molar-refractivity contribution >= 4 is 84.8 Å². The molecule has 0 spiro atoms. The number of fused-ring (bicyclic) bond motifs is 9. The van der Waals surface area contributed by atoms with Crippen LogP contribution in [0.5, 0.6) is 0 Å². The highest BCUT2D eigenvalue weighted by Crippen LogP contribution is 2.46. The molecule has 1 aliphatic carbocycles. The van der Waals surface area contributed by atoms with Gasteiger partial charge in [-0.1, -0.05) is 146 Å². The molecular weight excluding hydrogens is 733 g/mol. The van der Waals surface area contributed by atoms with Gasteiger partial charge in [0.2, 0.25) is 0 Å². The van der Waals surface area contributed by atoms with Crippen molar-refractivity contribution in [1.29, 1.82) is 0 Å². The van der Waals surface area contributed by atoms with Crippen LogP contribution >= 0.6 is 22.7 Å². The standard InChI is InChI=1S/C51H38N4S2/c1-3-14-31(15-4-1)49-52-50(32-16-5-2-6-17-32)54-51(53-49)40-23-11-22-39-46-34(20-13-27-44(46)56-47(39)40)33-28-29-37-38-21-12-26-43(48(38)57-45(37)30-33)55-41-24-9-7-18-35(41)36-19-8-10-25-42(36)55/h1-16,18-30,32,49-54H,17H2. The van der Waals surface area contributed by atoms with Crippen LogP contribution in [0.15, 0.2) is 176 Å². The van der Waals surface area contributed by atoms with Crippen LogP contribution in [-0.2, 0) is 0 Å². The normalized spacial score (nSPS) is 19.9. The Hall–Kier alpha value is -5.86. The zero-order valence-corrected chi connectivity index (χ0v) is 32.7. The minimum absolute atomic E-state index is 0.0189. The lowest BCUT2D eigenvalue weighted by Gasteiger charge is -2.42. The molecule has 1 aliphatic heterocycles. The van der Waals surface area contributed by atoms with Gasteiger partial charge in [0.05, 0.1) is 39.9 Å². The predicted molar refractivity (Wildman–Crippen MR) is 244 cm³/mol. The summed E-state index contributed by atoms with van der Waals surface area (Å²) in [6.45, 7) is 0. The van der Waals surface area contributed by atoms with E-state index in [2.05, 4.69) is 196 Å². The molecule has 274 valence electrons. The number of allylic oxidation sites excluding steroid dienone is 3. The Labute approximate surface area is 338 Å². The topological polar surface area (TPSA) is 41.0 Å². The molecular formula is C51H38N4S2.